The molecule has 2 aliphatic rings. The number of rotatable bonds is 4. The van der Waals surface area contributed by atoms with Crippen LogP contribution in [0.15, 0.2) is 0 Å². The summed E-state index contributed by atoms with van der Waals surface area (Å²) in [6.45, 7) is -0.266. The summed E-state index contributed by atoms with van der Waals surface area (Å²) in [4.78, 5) is 12.1. The second-order valence-electron chi connectivity index (χ2n) is 5.15. The van der Waals surface area contributed by atoms with Gasteiger partial charge in [-0.3, -0.25) is 4.79 Å². The molecule has 2 fully saturated rings. The van der Waals surface area contributed by atoms with Crippen molar-refractivity contribution in [3.63, 3.8) is 0 Å². The summed E-state index contributed by atoms with van der Waals surface area (Å²) in [6.07, 6.45) is 0.281. The Morgan fingerprint density at radius 2 is 2.16 bits per heavy atom. The highest BCUT2D eigenvalue weighted by Gasteiger charge is 2.51. The van der Waals surface area contributed by atoms with Crippen LogP contribution >= 0.6 is 0 Å². The number of hydrogen-bond donors (Lipinski definition) is 4. The lowest BCUT2D eigenvalue weighted by Gasteiger charge is -2.42. The molecule has 0 bridgehead atoms. The number of nitrogens with one attached hydrogen (secondary N) is 1. The Labute approximate surface area is 111 Å². The molecule has 2 rings (SSSR count). The van der Waals surface area contributed by atoms with Crippen LogP contribution in [0.2, 0.25) is 0 Å². The minimum atomic E-state index is -2.12. The third-order valence-corrected chi connectivity index (χ3v) is 3.90. The van der Waals surface area contributed by atoms with Crippen molar-refractivity contribution in [1.29, 1.82) is 0 Å². The Morgan fingerprint density at radius 1 is 1.42 bits per heavy atom. The molecule has 4 N–H and O–H groups in total. The largest absolute Gasteiger partial charge is 0.394 e. The van der Waals surface area contributed by atoms with Crippen molar-refractivity contribution in [1.82, 2.24) is 5.32 Å². The second kappa shape index (κ2) is 5.72. The normalized spacial score (nSPS) is 42.5. The number of ether oxygens (including phenoxy) is 2. The van der Waals surface area contributed by atoms with E-state index in [4.69, 9.17) is 14.6 Å². The summed E-state index contributed by atoms with van der Waals surface area (Å²) >= 11 is 0. The zero-order valence-electron chi connectivity index (χ0n) is 10.9. The Bertz CT molecular complexity index is 338. The first-order valence-corrected chi connectivity index (χ1v) is 6.54. The SMILES string of the molecule is COC1CCC(CO)OC1(O)C(=O)N[C@H]1CC[C@@H]1O. The fourth-order valence-corrected chi connectivity index (χ4v) is 2.45. The molecule has 5 atom stereocenters. The molecule has 1 aliphatic heterocycles. The maximum atomic E-state index is 12.1. The molecule has 19 heavy (non-hydrogen) atoms. The van der Waals surface area contributed by atoms with Crippen LogP contribution in [0.25, 0.3) is 0 Å². The van der Waals surface area contributed by atoms with Crippen LogP contribution in [0, 0.1) is 0 Å². The van der Waals surface area contributed by atoms with E-state index in [0.717, 1.165) is 0 Å². The van der Waals surface area contributed by atoms with E-state index in [2.05, 4.69) is 5.32 Å². The highest BCUT2D eigenvalue weighted by molar-refractivity contribution is 5.84. The van der Waals surface area contributed by atoms with E-state index in [1.807, 2.05) is 0 Å². The molecule has 0 aromatic rings. The third-order valence-electron chi connectivity index (χ3n) is 3.90. The van der Waals surface area contributed by atoms with Crippen LogP contribution in [-0.2, 0) is 14.3 Å². The topological polar surface area (TPSA) is 108 Å². The minimum Gasteiger partial charge on any atom is -0.394 e. The third kappa shape index (κ3) is 2.75. The van der Waals surface area contributed by atoms with Gasteiger partial charge in [-0.05, 0) is 25.7 Å². The molecule has 3 unspecified atom stereocenters. The van der Waals surface area contributed by atoms with Gasteiger partial charge in [0.05, 0.1) is 24.9 Å². The summed E-state index contributed by atoms with van der Waals surface area (Å²) < 4.78 is 10.4. The van der Waals surface area contributed by atoms with Gasteiger partial charge < -0.3 is 30.1 Å². The molecule has 7 heteroatoms. The fourth-order valence-electron chi connectivity index (χ4n) is 2.45. The van der Waals surface area contributed by atoms with Crippen molar-refractivity contribution in [2.45, 2.75) is 55.8 Å². The van der Waals surface area contributed by atoms with Crippen molar-refractivity contribution in [3.8, 4) is 0 Å². The summed E-state index contributed by atoms with van der Waals surface area (Å²) in [7, 11) is 1.39. The molecule has 110 valence electrons. The van der Waals surface area contributed by atoms with Crippen LogP contribution in [0.1, 0.15) is 25.7 Å². The zero-order chi connectivity index (χ0) is 14.0. The lowest BCUT2D eigenvalue weighted by atomic mass is 9.88. The summed E-state index contributed by atoms with van der Waals surface area (Å²) in [5.74, 6) is -2.84. The molecule has 1 saturated carbocycles. The van der Waals surface area contributed by atoms with E-state index in [-0.39, 0.29) is 12.6 Å². The van der Waals surface area contributed by atoms with Crippen LogP contribution in [0.4, 0.5) is 0 Å². The number of hydrogen-bond acceptors (Lipinski definition) is 6. The number of carbonyl (C=O) groups excluding carboxylic acids is 1. The predicted octanol–water partition coefficient (Wildman–Crippen LogP) is -1.50. The molecule has 1 heterocycles. The summed E-state index contributed by atoms with van der Waals surface area (Å²) in [6, 6.07) is -0.355. The van der Waals surface area contributed by atoms with E-state index >= 15 is 0 Å². The van der Waals surface area contributed by atoms with Crippen molar-refractivity contribution in [2.75, 3.05) is 13.7 Å². The van der Waals surface area contributed by atoms with Crippen LogP contribution in [0.3, 0.4) is 0 Å². The predicted molar refractivity (Wildman–Crippen MR) is 64.1 cm³/mol. The maximum Gasteiger partial charge on any atom is 0.283 e. The van der Waals surface area contributed by atoms with Gasteiger partial charge >= 0.3 is 0 Å². The van der Waals surface area contributed by atoms with Crippen molar-refractivity contribution < 1.29 is 29.6 Å². The van der Waals surface area contributed by atoms with E-state index in [1.165, 1.54) is 7.11 Å². The molecule has 0 radical (unpaired) electrons. The number of methoxy groups -OCH3 is 1. The summed E-state index contributed by atoms with van der Waals surface area (Å²) in [5.41, 5.74) is 0. The number of amides is 1. The van der Waals surface area contributed by atoms with Gasteiger partial charge in [-0.25, -0.2) is 0 Å². The van der Waals surface area contributed by atoms with Crippen LogP contribution < -0.4 is 5.32 Å². The first-order chi connectivity index (χ1) is 9.01. The van der Waals surface area contributed by atoms with E-state index in [0.29, 0.717) is 25.7 Å². The Morgan fingerprint density at radius 3 is 2.63 bits per heavy atom. The molecule has 7 nitrogen and oxygen atoms in total. The molecular formula is C12H21NO6. The van der Waals surface area contributed by atoms with Gasteiger partial charge in [0.25, 0.3) is 11.7 Å². The minimum absolute atomic E-state index is 0.266. The first kappa shape index (κ1) is 14.7. The van der Waals surface area contributed by atoms with Gasteiger partial charge in [0, 0.05) is 7.11 Å². The standard InChI is InChI=1S/C12H21NO6/c1-18-10-5-2-7(6-14)19-12(10,17)11(16)13-8-3-4-9(8)15/h7-10,14-15,17H,2-6H2,1H3,(H,13,16)/t7?,8-,9-,10?,12?/m0/s1. The fraction of sp³-hybridized carbons (Fsp3) is 0.917. The lowest BCUT2D eigenvalue weighted by molar-refractivity contribution is -0.291. The molecule has 0 aromatic carbocycles. The average molecular weight is 275 g/mol. The lowest BCUT2D eigenvalue weighted by Crippen LogP contribution is -2.65. The Balaban J connectivity index is 2.04. The van der Waals surface area contributed by atoms with Gasteiger partial charge in [-0.1, -0.05) is 0 Å². The maximum absolute atomic E-state index is 12.1. The van der Waals surface area contributed by atoms with Crippen LogP contribution in [0.5, 0.6) is 0 Å². The smallest absolute Gasteiger partial charge is 0.283 e. The van der Waals surface area contributed by atoms with Gasteiger partial charge in [-0.15, -0.1) is 0 Å². The highest BCUT2D eigenvalue weighted by Crippen LogP contribution is 2.30. The molecule has 0 aromatic heterocycles. The molecule has 1 aliphatic carbocycles. The van der Waals surface area contributed by atoms with E-state index < -0.39 is 30.0 Å². The van der Waals surface area contributed by atoms with E-state index in [1.54, 1.807) is 0 Å². The van der Waals surface area contributed by atoms with Crippen molar-refractivity contribution in [2.24, 2.45) is 0 Å². The van der Waals surface area contributed by atoms with Crippen LogP contribution in [-0.4, -0.2) is 65.1 Å². The van der Waals surface area contributed by atoms with Crippen molar-refractivity contribution >= 4 is 5.91 Å². The number of aliphatic hydroxyl groups is 3. The van der Waals surface area contributed by atoms with Crippen molar-refractivity contribution in [3.05, 3.63) is 0 Å². The van der Waals surface area contributed by atoms with Gasteiger partial charge in [0.1, 0.15) is 6.10 Å². The first-order valence-electron chi connectivity index (χ1n) is 6.54. The number of aliphatic hydroxyl groups excluding tert-OH is 2. The Hall–Kier alpha value is -0.730. The van der Waals surface area contributed by atoms with E-state index in [9.17, 15) is 15.0 Å². The van der Waals surface area contributed by atoms with Gasteiger partial charge in [0.2, 0.25) is 0 Å². The molecule has 0 spiro atoms. The monoisotopic (exact) mass is 275 g/mol. The van der Waals surface area contributed by atoms with Gasteiger partial charge in [0.15, 0.2) is 0 Å². The quantitative estimate of drug-likeness (QED) is 0.497. The average Bonchev–Trinajstić information content (AvgIpc) is 2.42. The second-order valence-corrected chi connectivity index (χ2v) is 5.15. The summed E-state index contributed by atoms with van der Waals surface area (Å²) in [5, 5.41) is 31.5. The molecule has 1 saturated heterocycles. The van der Waals surface area contributed by atoms with Gasteiger partial charge in [-0.2, -0.15) is 0 Å². The molecule has 1 amide bonds. The zero-order valence-corrected chi connectivity index (χ0v) is 10.9. The highest BCUT2D eigenvalue weighted by atomic mass is 16.7. The molecular weight excluding hydrogens is 254 g/mol. The number of carbonyl (C=O) groups is 1. The Kier molecular flexibility index (Phi) is 4.42.